The van der Waals surface area contributed by atoms with Crippen molar-refractivity contribution in [3.05, 3.63) is 41.3 Å². The summed E-state index contributed by atoms with van der Waals surface area (Å²) in [5.74, 6) is 1.44. The van der Waals surface area contributed by atoms with Crippen LogP contribution in [-0.4, -0.2) is 9.97 Å². The molecule has 0 radical (unpaired) electrons. The predicted octanol–water partition coefficient (Wildman–Crippen LogP) is 3.85. The number of nitrogens with zero attached hydrogens (tertiary/aromatic N) is 1. The van der Waals surface area contributed by atoms with Gasteiger partial charge in [0.15, 0.2) is 0 Å². The third-order valence-electron chi connectivity index (χ3n) is 2.30. The van der Waals surface area contributed by atoms with Gasteiger partial charge in [-0.05, 0) is 17.7 Å². The molecule has 0 amide bonds. The molecular weight excluding hydrogens is 208 g/mol. The molecule has 0 spiro atoms. The second-order valence-corrected chi connectivity index (χ2v) is 4.28. The van der Waals surface area contributed by atoms with Gasteiger partial charge >= 0.3 is 0 Å². The number of halogens is 1. The molecule has 2 rings (SSSR count). The van der Waals surface area contributed by atoms with Gasteiger partial charge in [0.2, 0.25) is 0 Å². The lowest BCUT2D eigenvalue weighted by molar-refractivity contribution is 0.795. The second kappa shape index (κ2) is 4.07. The Morgan fingerprint density at radius 1 is 1.20 bits per heavy atom. The SMILES string of the molecule is CC(C)c1ncc(-c2ccc(Cl)cc2)[nH]1. The molecule has 0 aliphatic rings. The highest BCUT2D eigenvalue weighted by Crippen LogP contribution is 2.21. The van der Waals surface area contributed by atoms with Gasteiger partial charge in [-0.3, -0.25) is 0 Å². The van der Waals surface area contributed by atoms with E-state index in [0.29, 0.717) is 5.92 Å². The van der Waals surface area contributed by atoms with Crippen LogP contribution in [0, 0.1) is 0 Å². The zero-order valence-corrected chi connectivity index (χ0v) is 9.55. The molecule has 1 aromatic heterocycles. The highest BCUT2D eigenvalue weighted by molar-refractivity contribution is 6.30. The molecule has 2 nitrogen and oxygen atoms in total. The molecular formula is C12H13ClN2. The lowest BCUT2D eigenvalue weighted by Gasteiger charge is -1.99. The molecule has 0 unspecified atom stereocenters. The van der Waals surface area contributed by atoms with E-state index in [4.69, 9.17) is 11.6 Å². The fraction of sp³-hybridized carbons (Fsp3) is 0.250. The summed E-state index contributed by atoms with van der Waals surface area (Å²) in [7, 11) is 0. The van der Waals surface area contributed by atoms with E-state index in [-0.39, 0.29) is 0 Å². The van der Waals surface area contributed by atoms with Gasteiger partial charge in [0.25, 0.3) is 0 Å². The second-order valence-electron chi connectivity index (χ2n) is 3.84. The molecule has 0 aliphatic carbocycles. The quantitative estimate of drug-likeness (QED) is 0.818. The zero-order chi connectivity index (χ0) is 10.8. The summed E-state index contributed by atoms with van der Waals surface area (Å²) in [5.41, 5.74) is 2.15. The average molecular weight is 221 g/mol. The number of hydrogen-bond donors (Lipinski definition) is 1. The fourth-order valence-electron chi connectivity index (χ4n) is 1.41. The Morgan fingerprint density at radius 2 is 1.87 bits per heavy atom. The van der Waals surface area contributed by atoms with Crippen LogP contribution in [0.1, 0.15) is 25.6 Å². The third-order valence-corrected chi connectivity index (χ3v) is 2.55. The Bertz CT molecular complexity index is 443. The predicted molar refractivity (Wildman–Crippen MR) is 63.1 cm³/mol. The summed E-state index contributed by atoms with van der Waals surface area (Å²) in [6.45, 7) is 4.23. The van der Waals surface area contributed by atoms with E-state index in [0.717, 1.165) is 22.1 Å². The van der Waals surface area contributed by atoms with Crippen LogP contribution in [-0.2, 0) is 0 Å². The van der Waals surface area contributed by atoms with Crippen LogP contribution >= 0.6 is 11.6 Å². The Morgan fingerprint density at radius 3 is 2.40 bits per heavy atom. The third kappa shape index (κ3) is 2.21. The van der Waals surface area contributed by atoms with Crippen molar-refractivity contribution in [1.82, 2.24) is 9.97 Å². The van der Waals surface area contributed by atoms with Gasteiger partial charge in [-0.1, -0.05) is 37.6 Å². The first-order valence-electron chi connectivity index (χ1n) is 4.97. The molecule has 0 bridgehead atoms. The van der Waals surface area contributed by atoms with Gasteiger partial charge in [0.1, 0.15) is 5.82 Å². The van der Waals surface area contributed by atoms with Crippen LogP contribution in [0.15, 0.2) is 30.5 Å². The number of nitrogens with one attached hydrogen (secondary N) is 1. The maximum absolute atomic E-state index is 5.83. The minimum atomic E-state index is 0.422. The summed E-state index contributed by atoms with van der Waals surface area (Å²) in [6, 6.07) is 7.74. The minimum Gasteiger partial charge on any atom is -0.342 e. The van der Waals surface area contributed by atoms with Crippen molar-refractivity contribution in [2.45, 2.75) is 19.8 Å². The van der Waals surface area contributed by atoms with Crippen LogP contribution in [0.2, 0.25) is 5.02 Å². The van der Waals surface area contributed by atoms with Crippen LogP contribution in [0.25, 0.3) is 11.3 Å². The van der Waals surface area contributed by atoms with Crippen LogP contribution in [0.3, 0.4) is 0 Å². The normalized spacial score (nSPS) is 10.9. The number of H-pyrrole nitrogens is 1. The number of aromatic amines is 1. The molecule has 1 N–H and O–H groups in total. The summed E-state index contributed by atoms with van der Waals surface area (Å²) in [5, 5.41) is 0.752. The lowest BCUT2D eigenvalue weighted by atomic mass is 10.2. The standard InChI is InChI=1S/C12H13ClN2/c1-8(2)12-14-7-11(15-12)9-3-5-10(13)6-4-9/h3-8H,1-2H3,(H,14,15). The van der Waals surface area contributed by atoms with E-state index in [2.05, 4.69) is 23.8 Å². The molecule has 2 aromatic rings. The summed E-state index contributed by atoms with van der Waals surface area (Å²) >= 11 is 5.83. The molecule has 1 aromatic carbocycles. The molecule has 78 valence electrons. The largest absolute Gasteiger partial charge is 0.342 e. The van der Waals surface area contributed by atoms with Gasteiger partial charge in [0, 0.05) is 10.9 Å². The fourth-order valence-corrected chi connectivity index (χ4v) is 1.53. The van der Waals surface area contributed by atoms with E-state index in [1.54, 1.807) is 0 Å². The first-order valence-corrected chi connectivity index (χ1v) is 5.35. The monoisotopic (exact) mass is 220 g/mol. The van der Waals surface area contributed by atoms with Crippen molar-refractivity contribution >= 4 is 11.6 Å². The van der Waals surface area contributed by atoms with E-state index in [1.165, 1.54) is 0 Å². The molecule has 0 atom stereocenters. The Kier molecular flexibility index (Phi) is 2.78. The van der Waals surface area contributed by atoms with Gasteiger partial charge in [0.05, 0.1) is 11.9 Å². The molecule has 0 fully saturated rings. The van der Waals surface area contributed by atoms with E-state index in [9.17, 15) is 0 Å². The maximum atomic E-state index is 5.83. The maximum Gasteiger partial charge on any atom is 0.109 e. The molecule has 3 heteroatoms. The number of hydrogen-bond acceptors (Lipinski definition) is 1. The molecule has 1 heterocycles. The van der Waals surface area contributed by atoms with Crippen molar-refractivity contribution in [2.75, 3.05) is 0 Å². The van der Waals surface area contributed by atoms with Gasteiger partial charge in [-0.2, -0.15) is 0 Å². The smallest absolute Gasteiger partial charge is 0.109 e. The molecule has 0 saturated heterocycles. The topological polar surface area (TPSA) is 28.7 Å². The highest BCUT2D eigenvalue weighted by atomic mass is 35.5. The Labute approximate surface area is 94.3 Å². The van der Waals surface area contributed by atoms with Crippen molar-refractivity contribution in [1.29, 1.82) is 0 Å². The van der Waals surface area contributed by atoms with Gasteiger partial charge in [-0.15, -0.1) is 0 Å². The Hall–Kier alpha value is -1.28. The summed E-state index contributed by atoms with van der Waals surface area (Å²) < 4.78 is 0. The van der Waals surface area contributed by atoms with Crippen molar-refractivity contribution in [3.63, 3.8) is 0 Å². The van der Waals surface area contributed by atoms with Crippen LogP contribution < -0.4 is 0 Å². The summed E-state index contributed by atoms with van der Waals surface area (Å²) in [6.07, 6.45) is 1.86. The van der Waals surface area contributed by atoms with E-state index in [1.807, 2.05) is 30.5 Å². The number of aromatic nitrogens is 2. The average Bonchev–Trinajstić information content (AvgIpc) is 2.68. The first-order chi connectivity index (χ1) is 7.16. The highest BCUT2D eigenvalue weighted by Gasteiger charge is 2.05. The zero-order valence-electron chi connectivity index (χ0n) is 8.79. The number of rotatable bonds is 2. The number of benzene rings is 1. The lowest BCUT2D eigenvalue weighted by Crippen LogP contribution is -1.89. The van der Waals surface area contributed by atoms with E-state index >= 15 is 0 Å². The minimum absolute atomic E-state index is 0.422. The Balaban J connectivity index is 2.33. The van der Waals surface area contributed by atoms with Crippen LogP contribution in [0.5, 0.6) is 0 Å². The van der Waals surface area contributed by atoms with Gasteiger partial charge in [-0.25, -0.2) is 4.98 Å². The van der Waals surface area contributed by atoms with Crippen LogP contribution in [0.4, 0.5) is 0 Å². The summed E-state index contributed by atoms with van der Waals surface area (Å²) in [4.78, 5) is 7.62. The van der Waals surface area contributed by atoms with E-state index < -0.39 is 0 Å². The molecule has 15 heavy (non-hydrogen) atoms. The van der Waals surface area contributed by atoms with Crippen molar-refractivity contribution in [3.8, 4) is 11.3 Å². The number of imidazole rings is 1. The van der Waals surface area contributed by atoms with Crippen molar-refractivity contribution < 1.29 is 0 Å². The molecule has 0 saturated carbocycles. The van der Waals surface area contributed by atoms with Crippen molar-refractivity contribution in [2.24, 2.45) is 0 Å². The van der Waals surface area contributed by atoms with Gasteiger partial charge < -0.3 is 4.98 Å². The first kappa shape index (κ1) is 10.2. The molecule has 0 aliphatic heterocycles.